The van der Waals surface area contributed by atoms with Gasteiger partial charge in [0.05, 0.1) is 24.5 Å². The third-order valence-electron chi connectivity index (χ3n) is 8.17. The van der Waals surface area contributed by atoms with Crippen molar-refractivity contribution in [1.29, 1.82) is 0 Å². The second kappa shape index (κ2) is 11.5. The number of fused-ring (bicyclic) bond motifs is 3. The van der Waals surface area contributed by atoms with Crippen LogP contribution in [0.2, 0.25) is 0 Å². The van der Waals surface area contributed by atoms with Crippen LogP contribution in [0.5, 0.6) is 11.5 Å². The number of benzene rings is 1. The molecule has 2 bridgehead atoms. The zero-order valence-electron chi connectivity index (χ0n) is 21.0. The highest BCUT2D eigenvalue weighted by Crippen LogP contribution is 2.51. The Morgan fingerprint density at radius 2 is 1.86 bits per heavy atom. The number of nitrogens with one attached hydrogen (secondary N) is 1. The van der Waals surface area contributed by atoms with Gasteiger partial charge in [-0.25, -0.2) is 4.39 Å². The molecule has 2 saturated carbocycles. The van der Waals surface area contributed by atoms with E-state index in [1.807, 2.05) is 18.2 Å². The van der Waals surface area contributed by atoms with Crippen LogP contribution in [0.4, 0.5) is 4.39 Å². The summed E-state index contributed by atoms with van der Waals surface area (Å²) in [5.41, 5.74) is 1.75. The first-order chi connectivity index (χ1) is 17.6. The SMILES string of the molecule is C=C(CCCOC1=CC=C(F)C=CC1)N[C@@H](CC1C2CCC1CC2)C(O)c1ccc2c(c1)OCCO2. The van der Waals surface area contributed by atoms with E-state index in [0.717, 1.165) is 53.9 Å². The summed E-state index contributed by atoms with van der Waals surface area (Å²) in [6.07, 6.45) is 14.1. The summed E-state index contributed by atoms with van der Waals surface area (Å²) in [7, 11) is 0. The highest BCUT2D eigenvalue weighted by molar-refractivity contribution is 5.44. The lowest BCUT2D eigenvalue weighted by Crippen LogP contribution is -2.37. The summed E-state index contributed by atoms with van der Waals surface area (Å²) in [5.74, 6) is 4.17. The molecule has 0 spiro atoms. The molecule has 2 fully saturated rings. The Kier molecular flexibility index (Phi) is 8.00. The minimum atomic E-state index is -0.668. The van der Waals surface area contributed by atoms with Crippen molar-refractivity contribution in [3.8, 4) is 11.5 Å². The number of hydrogen-bond donors (Lipinski definition) is 2. The average molecular weight is 496 g/mol. The van der Waals surface area contributed by atoms with Crippen LogP contribution in [-0.2, 0) is 4.74 Å². The normalized spacial score (nSPS) is 26.0. The quantitative estimate of drug-likeness (QED) is 0.354. The third kappa shape index (κ3) is 5.97. The van der Waals surface area contributed by atoms with Gasteiger partial charge in [-0.3, -0.25) is 0 Å². The van der Waals surface area contributed by atoms with Crippen molar-refractivity contribution in [3.63, 3.8) is 0 Å². The van der Waals surface area contributed by atoms with Gasteiger partial charge < -0.3 is 24.6 Å². The van der Waals surface area contributed by atoms with Crippen molar-refractivity contribution in [3.05, 3.63) is 71.9 Å². The molecule has 1 heterocycles. The standard InChI is InChI=1S/C30H38FNO4/c1-20(4-3-15-34-25-6-2-5-24(31)12-13-25)32-27(19-26-21-7-8-22(26)10-9-21)30(33)23-11-14-28-29(18-23)36-17-16-35-28/h2,5,11-14,18,21-22,26-27,30,32-33H,1,3-4,6-10,15-17,19H2/t21?,22?,26?,27-,30?/m0/s1. The fourth-order valence-corrected chi connectivity index (χ4v) is 6.32. The molecule has 1 aromatic rings. The molecule has 0 aromatic heterocycles. The van der Waals surface area contributed by atoms with Gasteiger partial charge >= 0.3 is 0 Å². The number of halogens is 1. The van der Waals surface area contributed by atoms with Gasteiger partial charge in [-0.15, -0.1) is 0 Å². The predicted octanol–water partition coefficient (Wildman–Crippen LogP) is 6.28. The van der Waals surface area contributed by atoms with E-state index in [1.54, 1.807) is 12.2 Å². The first-order valence-electron chi connectivity index (χ1n) is 13.4. The van der Waals surface area contributed by atoms with Crippen LogP contribution in [-0.4, -0.2) is 31.0 Å². The van der Waals surface area contributed by atoms with E-state index < -0.39 is 6.10 Å². The van der Waals surface area contributed by atoms with Gasteiger partial charge in [0.2, 0.25) is 0 Å². The van der Waals surface area contributed by atoms with Crippen molar-refractivity contribution >= 4 is 0 Å². The lowest BCUT2D eigenvalue weighted by Gasteiger charge is -2.31. The molecule has 3 aliphatic carbocycles. The lowest BCUT2D eigenvalue weighted by atomic mass is 9.86. The largest absolute Gasteiger partial charge is 0.498 e. The minimum absolute atomic E-state index is 0.116. The summed E-state index contributed by atoms with van der Waals surface area (Å²) in [6, 6.07) is 5.64. The molecule has 2 N–H and O–H groups in total. The molecule has 0 amide bonds. The molecule has 4 aliphatic rings. The van der Waals surface area contributed by atoms with E-state index in [9.17, 15) is 9.50 Å². The molecule has 1 aromatic carbocycles. The molecule has 194 valence electrons. The summed E-state index contributed by atoms with van der Waals surface area (Å²) in [4.78, 5) is 0. The maximum absolute atomic E-state index is 13.3. The number of rotatable bonds is 11. The lowest BCUT2D eigenvalue weighted by molar-refractivity contribution is 0.111. The Morgan fingerprint density at radius 1 is 1.11 bits per heavy atom. The van der Waals surface area contributed by atoms with Gasteiger partial charge in [-0.05, 0) is 98.6 Å². The summed E-state index contributed by atoms with van der Waals surface area (Å²) >= 11 is 0. The Balaban J connectivity index is 1.19. The summed E-state index contributed by atoms with van der Waals surface area (Å²) in [6.45, 7) is 5.89. The van der Waals surface area contributed by atoms with Crippen molar-refractivity contribution in [1.82, 2.24) is 5.32 Å². The van der Waals surface area contributed by atoms with Gasteiger partial charge in [-0.2, -0.15) is 0 Å². The molecule has 5 nitrogen and oxygen atoms in total. The Labute approximate surface area is 213 Å². The van der Waals surface area contributed by atoms with Gasteiger partial charge in [0, 0.05) is 12.1 Å². The second-order valence-electron chi connectivity index (χ2n) is 10.5. The third-order valence-corrected chi connectivity index (χ3v) is 8.17. The maximum atomic E-state index is 13.3. The fourth-order valence-electron chi connectivity index (χ4n) is 6.32. The van der Waals surface area contributed by atoms with Crippen LogP contribution in [0.15, 0.2) is 66.4 Å². The van der Waals surface area contributed by atoms with Crippen LogP contribution in [0.3, 0.4) is 0 Å². The number of ether oxygens (including phenoxy) is 3. The molecule has 0 saturated heterocycles. The average Bonchev–Trinajstić information content (AvgIpc) is 3.39. The number of aliphatic hydroxyl groups excluding tert-OH is 1. The van der Waals surface area contributed by atoms with Gasteiger partial charge in [-0.1, -0.05) is 18.7 Å². The van der Waals surface area contributed by atoms with Crippen molar-refractivity contribution < 1.29 is 23.7 Å². The number of aliphatic hydroxyl groups is 1. The smallest absolute Gasteiger partial charge is 0.161 e. The van der Waals surface area contributed by atoms with E-state index in [1.165, 1.54) is 37.8 Å². The van der Waals surface area contributed by atoms with Crippen molar-refractivity contribution in [2.45, 2.75) is 63.5 Å². The van der Waals surface area contributed by atoms with E-state index in [0.29, 0.717) is 37.9 Å². The van der Waals surface area contributed by atoms with E-state index in [4.69, 9.17) is 14.2 Å². The molecular weight excluding hydrogens is 457 g/mol. The van der Waals surface area contributed by atoms with Gasteiger partial charge in [0.1, 0.15) is 19.0 Å². The van der Waals surface area contributed by atoms with Crippen molar-refractivity contribution in [2.75, 3.05) is 19.8 Å². The highest BCUT2D eigenvalue weighted by atomic mass is 19.1. The van der Waals surface area contributed by atoms with Gasteiger partial charge in [0.15, 0.2) is 11.5 Å². The molecule has 36 heavy (non-hydrogen) atoms. The van der Waals surface area contributed by atoms with E-state index >= 15 is 0 Å². The van der Waals surface area contributed by atoms with E-state index in [-0.39, 0.29) is 11.9 Å². The van der Waals surface area contributed by atoms with Crippen LogP contribution < -0.4 is 14.8 Å². The molecule has 6 heteroatoms. The first-order valence-corrected chi connectivity index (χ1v) is 13.4. The number of hydrogen-bond acceptors (Lipinski definition) is 5. The van der Waals surface area contributed by atoms with Crippen LogP contribution in [0.25, 0.3) is 0 Å². The summed E-state index contributed by atoms with van der Waals surface area (Å²) in [5, 5.41) is 15.1. The predicted molar refractivity (Wildman–Crippen MR) is 138 cm³/mol. The maximum Gasteiger partial charge on any atom is 0.161 e. The van der Waals surface area contributed by atoms with E-state index in [2.05, 4.69) is 11.9 Å². The molecule has 2 atom stereocenters. The molecule has 1 unspecified atom stereocenters. The minimum Gasteiger partial charge on any atom is -0.498 e. The zero-order chi connectivity index (χ0) is 24.9. The molecule has 0 radical (unpaired) electrons. The Morgan fingerprint density at radius 3 is 2.64 bits per heavy atom. The fraction of sp³-hybridized carbons (Fsp3) is 0.533. The molecule has 1 aliphatic heterocycles. The Hall–Kier alpha value is -2.73. The van der Waals surface area contributed by atoms with Crippen molar-refractivity contribution in [2.24, 2.45) is 17.8 Å². The molecule has 5 rings (SSSR count). The highest BCUT2D eigenvalue weighted by Gasteiger charge is 2.43. The summed E-state index contributed by atoms with van der Waals surface area (Å²) < 4.78 is 30.6. The zero-order valence-corrected chi connectivity index (χ0v) is 21.0. The monoisotopic (exact) mass is 495 g/mol. The second-order valence-corrected chi connectivity index (χ2v) is 10.5. The number of allylic oxidation sites excluding steroid dienone is 6. The van der Waals surface area contributed by atoms with Gasteiger partial charge in [0.25, 0.3) is 0 Å². The van der Waals surface area contributed by atoms with Crippen LogP contribution in [0.1, 0.15) is 63.0 Å². The molecular formula is C30H38FNO4. The Bertz CT molecular complexity index is 1010. The first kappa shape index (κ1) is 24.9. The van der Waals surface area contributed by atoms with Crippen LogP contribution >= 0.6 is 0 Å². The van der Waals surface area contributed by atoms with Crippen LogP contribution in [0, 0.1) is 17.8 Å². The topological polar surface area (TPSA) is 60.0 Å².